The maximum Gasteiger partial charge on any atom is 0.272 e. The van der Waals surface area contributed by atoms with Crippen molar-refractivity contribution in [1.82, 2.24) is 15.5 Å². The number of amides is 1. The topological polar surface area (TPSA) is 76.1 Å². The molecule has 0 radical (unpaired) electrons. The number of nitrogens with zero attached hydrogens (tertiary/aromatic N) is 2. The van der Waals surface area contributed by atoms with E-state index in [1.54, 1.807) is 6.07 Å². The van der Waals surface area contributed by atoms with Crippen molar-refractivity contribution < 1.29 is 9.53 Å². The minimum absolute atomic E-state index is 0.152. The van der Waals surface area contributed by atoms with E-state index < -0.39 is 0 Å². The number of aromatic nitrogens is 2. The summed E-state index contributed by atoms with van der Waals surface area (Å²) in [5.74, 6) is 1.95. The molecule has 2 fully saturated rings. The van der Waals surface area contributed by atoms with Crippen LogP contribution in [0.25, 0.3) is 0 Å². The Morgan fingerprint density at radius 2 is 1.92 bits per heavy atom. The SMILES string of the molecule is CC1CCCC(Nc2ccc(C(=O)NC3CCOCC3)nn2)C1C. The van der Waals surface area contributed by atoms with Crippen LogP contribution in [0.5, 0.6) is 0 Å². The standard InChI is InChI=1S/C18H28N4O2/c1-12-4-3-5-15(13(12)2)20-17-7-6-16(21-22-17)18(23)19-14-8-10-24-11-9-14/h6-7,12-15H,3-5,8-11H2,1-2H3,(H,19,23)(H,20,22). The average Bonchev–Trinajstić information content (AvgIpc) is 2.60. The maximum absolute atomic E-state index is 12.2. The summed E-state index contributed by atoms with van der Waals surface area (Å²) in [7, 11) is 0. The van der Waals surface area contributed by atoms with E-state index in [2.05, 4.69) is 34.7 Å². The normalized spacial score (nSPS) is 28.3. The van der Waals surface area contributed by atoms with Crippen molar-refractivity contribution in [2.75, 3.05) is 18.5 Å². The molecule has 3 rings (SSSR count). The van der Waals surface area contributed by atoms with Crippen molar-refractivity contribution in [1.29, 1.82) is 0 Å². The quantitative estimate of drug-likeness (QED) is 0.886. The Balaban J connectivity index is 1.55. The van der Waals surface area contributed by atoms with Crippen LogP contribution in [0.4, 0.5) is 5.82 Å². The predicted molar refractivity (Wildman–Crippen MR) is 92.9 cm³/mol. The largest absolute Gasteiger partial charge is 0.381 e. The Labute approximate surface area is 143 Å². The Kier molecular flexibility index (Phi) is 5.66. The van der Waals surface area contributed by atoms with Crippen LogP contribution in [-0.2, 0) is 4.74 Å². The molecule has 1 aliphatic carbocycles. The smallest absolute Gasteiger partial charge is 0.272 e. The second-order valence-electron chi connectivity index (χ2n) is 7.18. The number of carbonyl (C=O) groups excluding carboxylic acids is 1. The first-order valence-corrected chi connectivity index (χ1v) is 9.12. The molecule has 132 valence electrons. The van der Waals surface area contributed by atoms with Crippen molar-refractivity contribution in [3.63, 3.8) is 0 Å². The fourth-order valence-electron chi connectivity index (χ4n) is 3.61. The van der Waals surface area contributed by atoms with E-state index in [-0.39, 0.29) is 11.9 Å². The number of carbonyl (C=O) groups is 1. The molecule has 1 saturated heterocycles. The van der Waals surface area contributed by atoms with Crippen LogP contribution in [0.1, 0.15) is 56.4 Å². The molecule has 0 bridgehead atoms. The van der Waals surface area contributed by atoms with E-state index in [4.69, 9.17) is 4.74 Å². The summed E-state index contributed by atoms with van der Waals surface area (Å²) in [4.78, 5) is 12.2. The molecule has 1 aromatic rings. The molecule has 1 amide bonds. The first-order valence-electron chi connectivity index (χ1n) is 9.12. The van der Waals surface area contributed by atoms with Gasteiger partial charge in [0.2, 0.25) is 0 Å². The van der Waals surface area contributed by atoms with Gasteiger partial charge in [-0.05, 0) is 43.2 Å². The van der Waals surface area contributed by atoms with Crippen molar-refractivity contribution in [3.05, 3.63) is 17.8 Å². The van der Waals surface area contributed by atoms with Crippen LogP contribution in [0.3, 0.4) is 0 Å². The summed E-state index contributed by atoms with van der Waals surface area (Å²) in [6.07, 6.45) is 5.44. The molecule has 2 N–H and O–H groups in total. The van der Waals surface area contributed by atoms with E-state index in [1.807, 2.05) is 6.07 Å². The molecule has 0 spiro atoms. The van der Waals surface area contributed by atoms with Gasteiger partial charge < -0.3 is 15.4 Å². The summed E-state index contributed by atoms with van der Waals surface area (Å²) in [6, 6.07) is 4.22. The van der Waals surface area contributed by atoms with Gasteiger partial charge in [-0.3, -0.25) is 4.79 Å². The number of anilines is 1. The van der Waals surface area contributed by atoms with Crippen LogP contribution in [0.15, 0.2) is 12.1 Å². The average molecular weight is 332 g/mol. The fraction of sp³-hybridized carbons (Fsp3) is 0.722. The zero-order chi connectivity index (χ0) is 16.9. The lowest BCUT2D eigenvalue weighted by molar-refractivity contribution is 0.0693. The number of rotatable bonds is 4. The Bertz CT molecular complexity index is 542. The number of ether oxygens (including phenoxy) is 1. The van der Waals surface area contributed by atoms with Gasteiger partial charge in [0.05, 0.1) is 0 Å². The first-order chi connectivity index (χ1) is 11.6. The van der Waals surface area contributed by atoms with Crippen molar-refractivity contribution in [2.45, 2.75) is 58.0 Å². The Morgan fingerprint density at radius 1 is 1.12 bits per heavy atom. The molecule has 3 unspecified atom stereocenters. The highest BCUT2D eigenvalue weighted by molar-refractivity contribution is 5.92. The second-order valence-corrected chi connectivity index (χ2v) is 7.18. The third-order valence-electron chi connectivity index (χ3n) is 5.49. The van der Waals surface area contributed by atoms with Gasteiger partial charge in [0.1, 0.15) is 5.82 Å². The molecule has 1 aliphatic heterocycles. The minimum atomic E-state index is -0.152. The molecule has 2 aliphatic rings. The van der Waals surface area contributed by atoms with Crippen LogP contribution >= 0.6 is 0 Å². The highest BCUT2D eigenvalue weighted by atomic mass is 16.5. The zero-order valence-corrected chi connectivity index (χ0v) is 14.6. The van der Waals surface area contributed by atoms with Crippen molar-refractivity contribution >= 4 is 11.7 Å². The van der Waals surface area contributed by atoms with Gasteiger partial charge in [0.15, 0.2) is 5.69 Å². The van der Waals surface area contributed by atoms with E-state index in [1.165, 1.54) is 19.3 Å². The second kappa shape index (κ2) is 7.92. The summed E-state index contributed by atoms with van der Waals surface area (Å²) >= 11 is 0. The number of nitrogens with one attached hydrogen (secondary N) is 2. The number of hydrogen-bond donors (Lipinski definition) is 2. The highest BCUT2D eigenvalue weighted by Crippen LogP contribution is 2.31. The van der Waals surface area contributed by atoms with E-state index in [0.29, 0.717) is 30.9 Å². The van der Waals surface area contributed by atoms with Crippen LogP contribution in [0, 0.1) is 11.8 Å². The lowest BCUT2D eigenvalue weighted by Crippen LogP contribution is -2.39. The van der Waals surface area contributed by atoms with E-state index in [0.717, 1.165) is 24.6 Å². The van der Waals surface area contributed by atoms with Gasteiger partial charge in [-0.25, -0.2) is 0 Å². The first kappa shape index (κ1) is 17.1. The van der Waals surface area contributed by atoms with Crippen LogP contribution < -0.4 is 10.6 Å². The molecule has 3 atom stereocenters. The molecule has 2 heterocycles. The van der Waals surface area contributed by atoms with Crippen molar-refractivity contribution in [2.24, 2.45) is 11.8 Å². The lowest BCUT2D eigenvalue weighted by atomic mass is 9.78. The summed E-state index contributed by atoms with van der Waals surface area (Å²) < 4.78 is 5.30. The Hall–Kier alpha value is -1.69. The summed E-state index contributed by atoms with van der Waals surface area (Å²) in [6.45, 7) is 6.02. The highest BCUT2D eigenvalue weighted by Gasteiger charge is 2.27. The maximum atomic E-state index is 12.2. The van der Waals surface area contributed by atoms with Gasteiger partial charge in [0, 0.05) is 25.3 Å². The monoisotopic (exact) mass is 332 g/mol. The number of hydrogen-bond acceptors (Lipinski definition) is 5. The van der Waals surface area contributed by atoms with Crippen molar-refractivity contribution in [3.8, 4) is 0 Å². The molecule has 1 aromatic heterocycles. The summed E-state index contributed by atoms with van der Waals surface area (Å²) in [5, 5.41) is 14.8. The van der Waals surface area contributed by atoms with Gasteiger partial charge >= 0.3 is 0 Å². The molecular formula is C18H28N4O2. The molecular weight excluding hydrogens is 304 g/mol. The third-order valence-corrected chi connectivity index (χ3v) is 5.49. The van der Waals surface area contributed by atoms with Gasteiger partial charge in [-0.15, -0.1) is 10.2 Å². The summed E-state index contributed by atoms with van der Waals surface area (Å²) in [5.41, 5.74) is 0.372. The molecule has 6 heteroatoms. The van der Waals surface area contributed by atoms with Gasteiger partial charge in [0.25, 0.3) is 5.91 Å². The third kappa shape index (κ3) is 4.23. The predicted octanol–water partition coefficient (Wildman–Crippen LogP) is 2.62. The molecule has 1 saturated carbocycles. The lowest BCUT2D eigenvalue weighted by Gasteiger charge is -2.34. The molecule has 24 heavy (non-hydrogen) atoms. The van der Waals surface area contributed by atoms with Crippen LogP contribution in [-0.4, -0.2) is 41.4 Å². The van der Waals surface area contributed by atoms with E-state index in [9.17, 15) is 4.79 Å². The van der Waals surface area contributed by atoms with E-state index >= 15 is 0 Å². The fourth-order valence-corrected chi connectivity index (χ4v) is 3.61. The molecule has 0 aromatic carbocycles. The minimum Gasteiger partial charge on any atom is -0.381 e. The van der Waals surface area contributed by atoms with Gasteiger partial charge in [-0.1, -0.05) is 26.7 Å². The Morgan fingerprint density at radius 3 is 2.62 bits per heavy atom. The van der Waals surface area contributed by atoms with Crippen LogP contribution in [0.2, 0.25) is 0 Å². The van der Waals surface area contributed by atoms with Gasteiger partial charge in [-0.2, -0.15) is 0 Å². The zero-order valence-electron chi connectivity index (χ0n) is 14.6. The molecule has 6 nitrogen and oxygen atoms in total.